The van der Waals surface area contributed by atoms with Crippen molar-refractivity contribution in [2.75, 3.05) is 26.2 Å². The highest BCUT2D eigenvalue weighted by atomic mass is 16.6. The highest BCUT2D eigenvalue weighted by Crippen LogP contribution is 2.28. The number of cyclic esters (lactones) is 1. The monoisotopic (exact) mass is 389 g/mol. The van der Waals surface area contributed by atoms with E-state index in [9.17, 15) is 9.59 Å². The number of pyridine rings is 1. The Hall–Kier alpha value is -3.41. The number of rotatable bonds is 5. The molecule has 3 aromatic rings. The predicted molar refractivity (Wildman–Crippen MR) is 112 cm³/mol. The number of hydrogen-bond acceptors (Lipinski definition) is 4. The molecule has 1 fully saturated rings. The van der Waals surface area contributed by atoms with Gasteiger partial charge in [-0.25, -0.2) is 4.79 Å². The molecule has 2 heterocycles. The zero-order valence-corrected chi connectivity index (χ0v) is 16.4. The molecule has 0 aliphatic carbocycles. The smallest absolute Gasteiger partial charge is 0.409 e. The molecule has 2 amide bonds. The van der Waals surface area contributed by atoms with E-state index in [-0.39, 0.29) is 12.0 Å². The van der Waals surface area contributed by atoms with Gasteiger partial charge in [0.25, 0.3) is 5.91 Å². The van der Waals surface area contributed by atoms with Gasteiger partial charge in [0.05, 0.1) is 12.1 Å². The highest BCUT2D eigenvalue weighted by Gasteiger charge is 2.19. The van der Waals surface area contributed by atoms with E-state index in [2.05, 4.69) is 22.4 Å². The first-order valence-corrected chi connectivity index (χ1v) is 9.78. The van der Waals surface area contributed by atoms with E-state index in [4.69, 9.17) is 4.74 Å². The maximum atomic E-state index is 12.4. The zero-order chi connectivity index (χ0) is 20.2. The number of aromatic nitrogens is 1. The maximum Gasteiger partial charge on any atom is 0.409 e. The number of ether oxygens (including phenoxy) is 1. The number of hydrogen-bond donors (Lipinski definition) is 1. The van der Waals surface area contributed by atoms with E-state index in [0.717, 1.165) is 34.1 Å². The Balaban J connectivity index is 1.43. The van der Waals surface area contributed by atoms with Crippen LogP contribution in [0.1, 0.15) is 22.5 Å². The number of fused-ring (bicyclic) bond motifs is 1. The van der Waals surface area contributed by atoms with Crippen LogP contribution in [0.15, 0.2) is 54.6 Å². The Labute approximate surface area is 169 Å². The van der Waals surface area contributed by atoms with Gasteiger partial charge in [-0.1, -0.05) is 30.3 Å². The number of nitrogens with one attached hydrogen (secondary N) is 1. The molecular weight excluding hydrogens is 366 g/mol. The minimum atomic E-state index is -0.311. The lowest BCUT2D eigenvalue weighted by Gasteiger charge is -2.26. The van der Waals surface area contributed by atoms with E-state index in [1.165, 1.54) is 0 Å². The van der Waals surface area contributed by atoms with Crippen LogP contribution in [-0.4, -0.2) is 48.1 Å². The van der Waals surface area contributed by atoms with Crippen molar-refractivity contribution in [2.24, 2.45) is 0 Å². The number of carbonyl (C=O) groups is 2. The largest absolute Gasteiger partial charge is 0.449 e. The molecule has 0 unspecified atom stereocenters. The van der Waals surface area contributed by atoms with Crippen LogP contribution in [0.4, 0.5) is 4.79 Å². The van der Waals surface area contributed by atoms with Gasteiger partial charge in [-0.05, 0) is 48.7 Å². The molecule has 6 heteroatoms. The van der Waals surface area contributed by atoms with Crippen molar-refractivity contribution in [3.8, 4) is 11.1 Å². The number of carbonyl (C=O) groups excluding carboxylic acids is 2. The Morgan fingerprint density at radius 2 is 1.97 bits per heavy atom. The molecule has 4 rings (SSSR count). The molecule has 1 aromatic heterocycles. The Bertz CT molecular complexity index is 1050. The van der Waals surface area contributed by atoms with E-state index in [1.807, 2.05) is 49.4 Å². The first-order valence-electron chi connectivity index (χ1n) is 9.78. The molecule has 0 atom stereocenters. The molecule has 6 nitrogen and oxygen atoms in total. The molecular formula is C23H23N3O3. The zero-order valence-electron chi connectivity index (χ0n) is 16.4. The van der Waals surface area contributed by atoms with Gasteiger partial charge in [-0.2, -0.15) is 0 Å². The van der Waals surface area contributed by atoms with Gasteiger partial charge in [0.15, 0.2) is 0 Å². The normalized spacial score (nSPS) is 14.0. The SMILES string of the molecule is Cc1ccc2c(-c3ccc(C(=O)NCCN4CCCOC4=O)cc3)cccc2n1. The first-order chi connectivity index (χ1) is 14.1. The fourth-order valence-corrected chi connectivity index (χ4v) is 3.52. The van der Waals surface area contributed by atoms with Gasteiger partial charge in [0.2, 0.25) is 0 Å². The summed E-state index contributed by atoms with van der Waals surface area (Å²) in [6.45, 7) is 3.96. The third kappa shape index (κ3) is 4.21. The molecule has 1 N–H and O–H groups in total. The van der Waals surface area contributed by atoms with E-state index in [1.54, 1.807) is 4.90 Å². The van der Waals surface area contributed by atoms with Crippen LogP contribution in [0.3, 0.4) is 0 Å². The molecule has 1 saturated heterocycles. The summed E-state index contributed by atoms with van der Waals surface area (Å²) in [7, 11) is 0. The van der Waals surface area contributed by atoms with Crippen molar-refractivity contribution in [3.05, 3.63) is 65.9 Å². The average molecular weight is 389 g/mol. The summed E-state index contributed by atoms with van der Waals surface area (Å²) in [4.78, 5) is 30.2. The summed E-state index contributed by atoms with van der Waals surface area (Å²) in [5.41, 5.74) is 4.66. The Morgan fingerprint density at radius 3 is 2.76 bits per heavy atom. The van der Waals surface area contributed by atoms with Crippen LogP contribution in [0.5, 0.6) is 0 Å². The predicted octanol–water partition coefficient (Wildman–Crippen LogP) is 3.78. The van der Waals surface area contributed by atoms with E-state index < -0.39 is 0 Å². The third-order valence-electron chi connectivity index (χ3n) is 5.05. The van der Waals surface area contributed by atoms with Gasteiger partial charge in [-0.3, -0.25) is 9.78 Å². The fraction of sp³-hybridized carbons (Fsp3) is 0.261. The van der Waals surface area contributed by atoms with E-state index in [0.29, 0.717) is 31.8 Å². The van der Waals surface area contributed by atoms with Crippen molar-refractivity contribution in [3.63, 3.8) is 0 Å². The lowest BCUT2D eigenvalue weighted by molar-refractivity contribution is 0.0719. The number of aryl methyl sites for hydroxylation is 1. The van der Waals surface area contributed by atoms with Crippen molar-refractivity contribution in [1.82, 2.24) is 15.2 Å². The van der Waals surface area contributed by atoms with Crippen LogP contribution in [0, 0.1) is 6.92 Å². The second-order valence-corrected chi connectivity index (χ2v) is 7.11. The standard InChI is InChI=1S/C23H23N3O3/c1-16-6-11-20-19(4-2-5-21(20)25-16)17-7-9-18(10-8-17)22(27)24-12-14-26-13-3-15-29-23(26)28/h2,4-11H,3,12-15H2,1H3,(H,24,27). The number of benzene rings is 2. The summed E-state index contributed by atoms with van der Waals surface area (Å²) in [6.07, 6.45) is 0.513. The average Bonchev–Trinajstić information content (AvgIpc) is 2.74. The molecule has 1 aliphatic rings. The molecule has 2 aromatic carbocycles. The summed E-state index contributed by atoms with van der Waals surface area (Å²) in [5.74, 6) is -0.155. The molecule has 1 aliphatic heterocycles. The molecule has 0 spiro atoms. The fourth-order valence-electron chi connectivity index (χ4n) is 3.52. The minimum absolute atomic E-state index is 0.155. The summed E-state index contributed by atoms with van der Waals surface area (Å²) in [6, 6.07) is 17.7. The molecule has 0 radical (unpaired) electrons. The Morgan fingerprint density at radius 1 is 1.14 bits per heavy atom. The van der Waals surface area contributed by atoms with Crippen molar-refractivity contribution >= 4 is 22.9 Å². The van der Waals surface area contributed by atoms with Crippen molar-refractivity contribution in [2.45, 2.75) is 13.3 Å². The third-order valence-corrected chi connectivity index (χ3v) is 5.05. The number of nitrogens with zero attached hydrogens (tertiary/aromatic N) is 2. The van der Waals surface area contributed by atoms with Gasteiger partial charge < -0.3 is 15.0 Å². The molecule has 148 valence electrons. The molecule has 0 saturated carbocycles. The molecule has 29 heavy (non-hydrogen) atoms. The quantitative estimate of drug-likeness (QED) is 0.721. The van der Waals surface area contributed by atoms with Gasteiger partial charge >= 0.3 is 6.09 Å². The maximum absolute atomic E-state index is 12.4. The minimum Gasteiger partial charge on any atom is -0.449 e. The lowest BCUT2D eigenvalue weighted by atomic mass is 9.99. The van der Waals surface area contributed by atoms with Gasteiger partial charge in [0.1, 0.15) is 0 Å². The van der Waals surface area contributed by atoms with Crippen LogP contribution >= 0.6 is 0 Å². The topological polar surface area (TPSA) is 71.5 Å². The lowest BCUT2D eigenvalue weighted by Crippen LogP contribution is -2.42. The summed E-state index contributed by atoms with van der Waals surface area (Å²) in [5, 5.41) is 3.95. The number of amides is 2. The molecule has 0 bridgehead atoms. The van der Waals surface area contributed by atoms with Crippen LogP contribution in [0.25, 0.3) is 22.0 Å². The van der Waals surface area contributed by atoms with Crippen LogP contribution in [-0.2, 0) is 4.74 Å². The first kappa shape index (κ1) is 18.9. The van der Waals surface area contributed by atoms with Crippen LogP contribution < -0.4 is 5.32 Å². The van der Waals surface area contributed by atoms with E-state index >= 15 is 0 Å². The summed E-state index contributed by atoms with van der Waals surface area (Å²) >= 11 is 0. The van der Waals surface area contributed by atoms with Crippen molar-refractivity contribution in [1.29, 1.82) is 0 Å². The van der Waals surface area contributed by atoms with Gasteiger partial charge in [0, 0.05) is 36.3 Å². The Kier molecular flexibility index (Phi) is 5.42. The second-order valence-electron chi connectivity index (χ2n) is 7.11. The van der Waals surface area contributed by atoms with Crippen LogP contribution in [0.2, 0.25) is 0 Å². The van der Waals surface area contributed by atoms with Gasteiger partial charge in [-0.15, -0.1) is 0 Å². The highest BCUT2D eigenvalue weighted by molar-refractivity contribution is 5.97. The summed E-state index contributed by atoms with van der Waals surface area (Å²) < 4.78 is 4.99. The van der Waals surface area contributed by atoms with Crippen molar-refractivity contribution < 1.29 is 14.3 Å². The second kappa shape index (κ2) is 8.31.